The Bertz CT molecular complexity index is 218. The summed E-state index contributed by atoms with van der Waals surface area (Å²) in [5, 5.41) is 0. The molecule has 0 saturated heterocycles. The smallest absolute Gasteiger partial charge is 0.247 e. The number of hydrogen-bond acceptors (Lipinski definition) is 1. The molecule has 0 aromatic carbocycles. The van der Waals surface area contributed by atoms with E-state index >= 15 is 0 Å². The van der Waals surface area contributed by atoms with Crippen molar-refractivity contribution in [1.29, 1.82) is 0 Å². The fourth-order valence-corrected chi connectivity index (χ4v) is 1.44. The summed E-state index contributed by atoms with van der Waals surface area (Å²) in [6, 6.07) is 0.496. The highest BCUT2D eigenvalue weighted by molar-refractivity contribution is 5.88. The summed E-state index contributed by atoms with van der Waals surface area (Å²) >= 11 is 0. The maximum absolute atomic E-state index is 11.7. The van der Waals surface area contributed by atoms with Crippen LogP contribution in [0.3, 0.4) is 0 Å². The van der Waals surface area contributed by atoms with Crippen molar-refractivity contribution in [1.82, 2.24) is 4.90 Å². The molecule has 1 amide bonds. The van der Waals surface area contributed by atoms with Gasteiger partial charge in [0.2, 0.25) is 5.91 Å². The van der Waals surface area contributed by atoms with Crippen LogP contribution in [0, 0.1) is 0 Å². The summed E-state index contributed by atoms with van der Waals surface area (Å²) in [6.45, 7) is 10.0. The van der Waals surface area contributed by atoms with Crippen LogP contribution in [0.5, 0.6) is 0 Å². The van der Waals surface area contributed by atoms with E-state index in [1.54, 1.807) is 12.2 Å². The predicted molar refractivity (Wildman–Crippen MR) is 61.1 cm³/mol. The van der Waals surface area contributed by atoms with Crippen molar-refractivity contribution in [2.75, 3.05) is 0 Å². The van der Waals surface area contributed by atoms with Gasteiger partial charge in [-0.2, -0.15) is 0 Å². The van der Waals surface area contributed by atoms with E-state index in [1.165, 1.54) is 0 Å². The van der Waals surface area contributed by atoms with Gasteiger partial charge in [0.1, 0.15) is 0 Å². The maximum atomic E-state index is 11.7. The zero-order valence-corrected chi connectivity index (χ0v) is 9.82. The fraction of sp³-hybridized carbons (Fsp3) is 0.583. The Morgan fingerprint density at radius 1 is 1.07 bits per heavy atom. The molecule has 0 aromatic heterocycles. The molecule has 0 atom stereocenters. The highest BCUT2D eigenvalue weighted by atomic mass is 16.2. The van der Waals surface area contributed by atoms with Crippen molar-refractivity contribution in [2.24, 2.45) is 0 Å². The third-order valence-corrected chi connectivity index (χ3v) is 1.91. The monoisotopic (exact) mass is 195 g/mol. The van der Waals surface area contributed by atoms with Gasteiger partial charge in [0.25, 0.3) is 0 Å². The quantitative estimate of drug-likeness (QED) is 0.499. The van der Waals surface area contributed by atoms with Crippen LogP contribution >= 0.6 is 0 Å². The summed E-state index contributed by atoms with van der Waals surface area (Å²) < 4.78 is 0. The number of hydrogen-bond donors (Lipinski definition) is 0. The molecular weight excluding hydrogens is 174 g/mol. The van der Waals surface area contributed by atoms with Crippen LogP contribution in [0.1, 0.15) is 34.6 Å². The zero-order valence-electron chi connectivity index (χ0n) is 9.82. The van der Waals surface area contributed by atoms with E-state index < -0.39 is 0 Å². The first kappa shape index (κ1) is 12.9. The van der Waals surface area contributed by atoms with E-state index in [-0.39, 0.29) is 18.0 Å². The van der Waals surface area contributed by atoms with Crippen LogP contribution in [0.25, 0.3) is 0 Å². The van der Waals surface area contributed by atoms with Gasteiger partial charge in [-0.3, -0.25) is 4.79 Å². The second kappa shape index (κ2) is 6.41. The average molecular weight is 195 g/mol. The minimum atomic E-state index is 0.0769. The molecule has 0 aliphatic heterocycles. The summed E-state index contributed by atoms with van der Waals surface area (Å²) in [7, 11) is 0. The summed E-state index contributed by atoms with van der Waals surface area (Å²) in [5.41, 5.74) is 0. The second-order valence-corrected chi connectivity index (χ2v) is 3.82. The van der Waals surface area contributed by atoms with Crippen molar-refractivity contribution in [2.45, 2.75) is 46.7 Å². The highest BCUT2D eigenvalue weighted by Gasteiger charge is 2.16. The van der Waals surface area contributed by atoms with Gasteiger partial charge in [-0.25, -0.2) is 0 Å². The first-order valence-electron chi connectivity index (χ1n) is 5.12. The van der Waals surface area contributed by atoms with Gasteiger partial charge in [0, 0.05) is 18.2 Å². The van der Waals surface area contributed by atoms with Crippen molar-refractivity contribution < 1.29 is 4.79 Å². The van der Waals surface area contributed by atoms with Crippen molar-refractivity contribution in [3.8, 4) is 0 Å². The molecule has 14 heavy (non-hydrogen) atoms. The molecule has 0 spiro atoms. The number of amides is 1. The Balaban J connectivity index is 4.45. The molecule has 80 valence electrons. The van der Waals surface area contributed by atoms with E-state index in [4.69, 9.17) is 0 Å². The van der Waals surface area contributed by atoms with Gasteiger partial charge in [0.15, 0.2) is 0 Å². The molecule has 0 radical (unpaired) electrons. The van der Waals surface area contributed by atoms with Gasteiger partial charge in [-0.05, 0) is 34.6 Å². The summed E-state index contributed by atoms with van der Waals surface area (Å²) in [5.74, 6) is 0.0769. The molecule has 0 aliphatic carbocycles. The molecule has 0 unspecified atom stereocenters. The zero-order chi connectivity index (χ0) is 11.1. The number of allylic oxidation sites excluding steroid dienone is 3. The highest BCUT2D eigenvalue weighted by Crippen LogP contribution is 2.05. The lowest BCUT2D eigenvalue weighted by Crippen LogP contribution is -2.41. The SMILES string of the molecule is CC=CC=CC(=O)N(C(C)C)C(C)C. The summed E-state index contributed by atoms with van der Waals surface area (Å²) in [4.78, 5) is 13.6. The number of nitrogens with zero attached hydrogens (tertiary/aromatic N) is 1. The minimum absolute atomic E-state index is 0.0769. The van der Waals surface area contributed by atoms with Crippen molar-refractivity contribution >= 4 is 5.91 Å². The predicted octanol–water partition coefficient (Wildman–Crippen LogP) is 2.76. The Labute approximate surface area is 87.3 Å². The van der Waals surface area contributed by atoms with Crippen LogP contribution in [-0.2, 0) is 4.79 Å². The molecule has 0 saturated carbocycles. The molecule has 0 N–H and O–H groups in total. The molecular formula is C12H21NO. The van der Waals surface area contributed by atoms with Crippen LogP contribution in [0.4, 0.5) is 0 Å². The average Bonchev–Trinajstić information content (AvgIpc) is 2.03. The van der Waals surface area contributed by atoms with Gasteiger partial charge in [0.05, 0.1) is 0 Å². The van der Waals surface area contributed by atoms with Gasteiger partial charge < -0.3 is 4.90 Å². The van der Waals surface area contributed by atoms with Crippen LogP contribution in [-0.4, -0.2) is 22.9 Å². The Morgan fingerprint density at radius 2 is 1.57 bits per heavy atom. The number of carbonyl (C=O) groups is 1. The van der Waals surface area contributed by atoms with E-state index in [9.17, 15) is 4.79 Å². The maximum Gasteiger partial charge on any atom is 0.247 e. The second-order valence-electron chi connectivity index (χ2n) is 3.82. The molecule has 0 heterocycles. The molecule has 0 aromatic rings. The molecule has 2 heteroatoms. The molecule has 0 rings (SSSR count). The van der Waals surface area contributed by atoms with E-state index in [0.717, 1.165) is 0 Å². The molecule has 0 bridgehead atoms. The van der Waals surface area contributed by atoms with Crippen molar-refractivity contribution in [3.63, 3.8) is 0 Å². The lowest BCUT2D eigenvalue weighted by atomic mass is 10.2. The topological polar surface area (TPSA) is 20.3 Å². The third-order valence-electron chi connectivity index (χ3n) is 1.91. The van der Waals surface area contributed by atoms with Crippen molar-refractivity contribution in [3.05, 3.63) is 24.3 Å². The van der Waals surface area contributed by atoms with E-state index in [2.05, 4.69) is 0 Å². The standard InChI is InChI=1S/C12H21NO/c1-6-7-8-9-12(14)13(10(2)3)11(4)5/h6-11H,1-5H3. The first-order chi connectivity index (χ1) is 6.50. The van der Waals surface area contributed by atoms with E-state index in [1.807, 2.05) is 51.7 Å². The molecule has 0 aliphatic rings. The van der Waals surface area contributed by atoms with Crippen LogP contribution < -0.4 is 0 Å². The van der Waals surface area contributed by atoms with Gasteiger partial charge in [-0.15, -0.1) is 0 Å². The normalized spacial score (nSPS) is 12.2. The minimum Gasteiger partial charge on any atom is -0.334 e. The molecule has 2 nitrogen and oxygen atoms in total. The largest absolute Gasteiger partial charge is 0.334 e. The van der Waals surface area contributed by atoms with Crippen LogP contribution in [0.15, 0.2) is 24.3 Å². The van der Waals surface area contributed by atoms with E-state index in [0.29, 0.717) is 0 Å². The van der Waals surface area contributed by atoms with Gasteiger partial charge >= 0.3 is 0 Å². The lowest BCUT2D eigenvalue weighted by Gasteiger charge is -2.29. The Kier molecular flexibility index (Phi) is 5.93. The molecule has 0 fully saturated rings. The summed E-state index contributed by atoms with van der Waals surface area (Å²) in [6.07, 6.45) is 7.15. The fourth-order valence-electron chi connectivity index (χ4n) is 1.44. The lowest BCUT2D eigenvalue weighted by molar-refractivity contribution is -0.129. The first-order valence-corrected chi connectivity index (χ1v) is 5.12. The Morgan fingerprint density at radius 3 is 1.93 bits per heavy atom. The number of rotatable bonds is 4. The third kappa shape index (κ3) is 4.26. The van der Waals surface area contributed by atoms with Gasteiger partial charge in [-0.1, -0.05) is 18.2 Å². The Hall–Kier alpha value is -1.05. The number of carbonyl (C=O) groups excluding carboxylic acids is 1. The van der Waals surface area contributed by atoms with Crippen LogP contribution in [0.2, 0.25) is 0 Å².